The Morgan fingerprint density at radius 3 is 2.50 bits per heavy atom. The first-order valence-corrected chi connectivity index (χ1v) is 4.14. The summed E-state index contributed by atoms with van der Waals surface area (Å²) in [5.74, 6) is -5.14. The summed E-state index contributed by atoms with van der Waals surface area (Å²) in [5, 5.41) is 8.60. The zero-order valence-electron chi connectivity index (χ0n) is 6.46. The molecule has 0 aromatic carbocycles. The number of carboxylic acids is 1. The summed E-state index contributed by atoms with van der Waals surface area (Å²) in [4.78, 5) is 10.5. The lowest BCUT2D eigenvalue weighted by molar-refractivity contribution is -0.142. The lowest BCUT2D eigenvalue weighted by atomic mass is 9.89. The molecule has 0 saturated heterocycles. The number of alkyl halides is 2. The van der Waals surface area contributed by atoms with Crippen LogP contribution in [-0.4, -0.2) is 17.0 Å². The largest absolute Gasteiger partial charge is 0.481 e. The highest BCUT2D eigenvalue weighted by Crippen LogP contribution is 2.63. The van der Waals surface area contributed by atoms with Crippen LogP contribution in [0.5, 0.6) is 0 Å². The lowest BCUT2D eigenvalue weighted by Crippen LogP contribution is -2.18. The maximum absolute atomic E-state index is 12.7. The number of rotatable bonds is 1. The van der Waals surface area contributed by atoms with Crippen LogP contribution in [0.15, 0.2) is 0 Å². The van der Waals surface area contributed by atoms with Gasteiger partial charge in [-0.05, 0) is 19.3 Å². The SMILES string of the molecule is O=C(O)[C@H]1CC[C@H]2[C@@H](C1)C2(F)F. The van der Waals surface area contributed by atoms with Gasteiger partial charge in [0.1, 0.15) is 0 Å². The number of fused-ring (bicyclic) bond motifs is 1. The van der Waals surface area contributed by atoms with Crippen molar-refractivity contribution in [1.82, 2.24) is 0 Å². The average Bonchev–Trinajstić information content (AvgIpc) is 2.55. The van der Waals surface area contributed by atoms with Crippen LogP contribution in [0.25, 0.3) is 0 Å². The van der Waals surface area contributed by atoms with Gasteiger partial charge >= 0.3 is 5.97 Å². The van der Waals surface area contributed by atoms with Crippen molar-refractivity contribution >= 4 is 5.97 Å². The van der Waals surface area contributed by atoms with Gasteiger partial charge in [-0.3, -0.25) is 4.79 Å². The molecule has 0 aromatic rings. The summed E-state index contributed by atoms with van der Waals surface area (Å²) >= 11 is 0. The Bertz CT molecular complexity index is 227. The first-order valence-electron chi connectivity index (χ1n) is 4.14. The minimum Gasteiger partial charge on any atom is -0.481 e. The highest BCUT2D eigenvalue weighted by Gasteiger charge is 2.69. The first-order chi connectivity index (χ1) is 5.53. The van der Waals surface area contributed by atoms with Crippen molar-refractivity contribution in [2.75, 3.05) is 0 Å². The van der Waals surface area contributed by atoms with Crippen LogP contribution in [-0.2, 0) is 4.79 Å². The summed E-state index contributed by atoms with van der Waals surface area (Å²) in [6.45, 7) is 0. The van der Waals surface area contributed by atoms with Crippen molar-refractivity contribution in [2.45, 2.75) is 25.2 Å². The molecule has 0 radical (unpaired) electrons. The van der Waals surface area contributed by atoms with E-state index in [1.807, 2.05) is 0 Å². The molecule has 12 heavy (non-hydrogen) atoms. The normalized spacial score (nSPS) is 43.3. The Hall–Kier alpha value is -0.670. The zero-order valence-corrected chi connectivity index (χ0v) is 6.46. The Balaban J connectivity index is 2.01. The minimum absolute atomic E-state index is 0.174. The summed E-state index contributed by atoms with van der Waals surface area (Å²) in [7, 11) is 0. The molecule has 2 nitrogen and oxygen atoms in total. The van der Waals surface area contributed by atoms with Crippen LogP contribution in [0.4, 0.5) is 8.78 Å². The van der Waals surface area contributed by atoms with Crippen molar-refractivity contribution in [3.63, 3.8) is 0 Å². The second-order valence-corrected chi connectivity index (χ2v) is 3.74. The number of aliphatic carboxylic acids is 1. The van der Waals surface area contributed by atoms with Crippen LogP contribution in [0.2, 0.25) is 0 Å². The summed E-state index contributed by atoms with van der Waals surface area (Å²) in [5.41, 5.74) is 0. The van der Waals surface area contributed by atoms with Gasteiger partial charge in [-0.2, -0.15) is 0 Å². The standard InChI is InChI=1S/C8H10F2O2/c9-8(10)5-2-1-4(7(11)12)3-6(5)8/h4-6H,1-3H2,(H,11,12)/t4-,5-,6+/m0/s1. The summed E-state index contributed by atoms with van der Waals surface area (Å²) < 4.78 is 25.5. The molecule has 0 heterocycles. The van der Waals surface area contributed by atoms with Crippen molar-refractivity contribution in [1.29, 1.82) is 0 Å². The van der Waals surface area contributed by atoms with Crippen LogP contribution < -0.4 is 0 Å². The topological polar surface area (TPSA) is 37.3 Å². The second kappa shape index (κ2) is 2.18. The van der Waals surface area contributed by atoms with E-state index in [1.54, 1.807) is 0 Å². The smallest absolute Gasteiger partial charge is 0.306 e. The van der Waals surface area contributed by atoms with E-state index < -0.39 is 29.6 Å². The maximum Gasteiger partial charge on any atom is 0.306 e. The fourth-order valence-corrected chi connectivity index (χ4v) is 2.21. The molecule has 2 fully saturated rings. The molecule has 0 amide bonds. The third-order valence-corrected chi connectivity index (χ3v) is 3.08. The maximum atomic E-state index is 12.7. The van der Waals surface area contributed by atoms with Gasteiger partial charge in [0.2, 0.25) is 0 Å². The van der Waals surface area contributed by atoms with Gasteiger partial charge in [0.05, 0.1) is 5.92 Å². The molecular weight excluding hydrogens is 166 g/mol. The van der Waals surface area contributed by atoms with Gasteiger partial charge < -0.3 is 5.11 Å². The minimum atomic E-state index is -2.55. The first kappa shape index (κ1) is 7.95. The van der Waals surface area contributed by atoms with Gasteiger partial charge in [-0.25, -0.2) is 8.78 Å². The van der Waals surface area contributed by atoms with E-state index in [2.05, 4.69) is 0 Å². The van der Waals surface area contributed by atoms with E-state index in [9.17, 15) is 13.6 Å². The van der Waals surface area contributed by atoms with Gasteiger partial charge in [-0.1, -0.05) is 0 Å². The Kier molecular flexibility index (Phi) is 1.44. The van der Waals surface area contributed by atoms with Crippen LogP contribution in [0.3, 0.4) is 0 Å². The van der Waals surface area contributed by atoms with Crippen molar-refractivity contribution < 1.29 is 18.7 Å². The fraction of sp³-hybridized carbons (Fsp3) is 0.875. The van der Waals surface area contributed by atoms with E-state index in [-0.39, 0.29) is 6.42 Å². The predicted octanol–water partition coefficient (Wildman–Crippen LogP) is 1.75. The highest BCUT2D eigenvalue weighted by molar-refractivity contribution is 5.70. The third-order valence-electron chi connectivity index (χ3n) is 3.08. The number of hydrogen-bond donors (Lipinski definition) is 1. The Morgan fingerprint density at radius 1 is 1.33 bits per heavy atom. The van der Waals surface area contributed by atoms with E-state index in [1.165, 1.54) is 0 Å². The lowest BCUT2D eigenvalue weighted by Gasteiger charge is -2.14. The number of halogens is 2. The van der Waals surface area contributed by atoms with E-state index in [0.717, 1.165) is 0 Å². The summed E-state index contributed by atoms with van der Waals surface area (Å²) in [6, 6.07) is 0. The van der Waals surface area contributed by atoms with Crippen molar-refractivity contribution in [3.05, 3.63) is 0 Å². The number of carbonyl (C=O) groups is 1. The van der Waals surface area contributed by atoms with E-state index >= 15 is 0 Å². The number of carboxylic acid groups (broad SMARTS) is 1. The van der Waals surface area contributed by atoms with Gasteiger partial charge in [0, 0.05) is 11.8 Å². The van der Waals surface area contributed by atoms with Crippen molar-refractivity contribution in [2.24, 2.45) is 17.8 Å². The molecule has 2 aliphatic carbocycles. The molecule has 2 saturated carbocycles. The molecule has 0 aromatic heterocycles. The molecule has 2 rings (SSSR count). The molecule has 68 valence electrons. The van der Waals surface area contributed by atoms with Gasteiger partial charge in [-0.15, -0.1) is 0 Å². The molecular formula is C8H10F2O2. The average molecular weight is 176 g/mol. The second-order valence-electron chi connectivity index (χ2n) is 3.74. The quantitative estimate of drug-likeness (QED) is 0.660. The van der Waals surface area contributed by atoms with E-state index in [0.29, 0.717) is 12.8 Å². The zero-order chi connectivity index (χ0) is 8.93. The Morgan fingerprint density at radius 2 is 2.00 bits per heavy atom. The monoisotopic (exact) mass is 176 g/mol. The molecule has 0 bridgehead atoms. The van der Waals surface area contributed by atoms with Gasteiger partial charge in [0.25, 0.3) is 5.92 Å². The molecule has 0 spiro atoms. The molecule has 2 aliphatic rings. The Labute approximate surface area is 68.6 Å². The number of hydrogen-bond acceptors (Lipinski definition) is 1. The van der Waals surface area contributed by atoms with E-state index in [4.69, 9.17) is 5.11 Å². The molecule has 1 N–H and O–H groups in total. The van der Waals surface area contributed by atoms with Gasteiger partial charge in [0.15, 0.2) is 0 Å². The highest BCUT2D eigenvalue weighted by atomic mass is 19.3. The van der Waals surface area contributed by atoms with Crippen molar-refractivity contribution in [3.8, 4) is 0 Å². The summed E-state index contributed by atoms with van der Waals surface area (Å²) in [6.07, 6.45) is 0.980. The molecule has 0 unspecified atom stereocenters. The molecule has 3 atom stereocenters. The van der Waals surface area contributed by atoms with Crippen LogP contribution >= 0.6 is 0 Å². The predicted molar refractivity (Wildman–Crippen MR) is 36.9 cm³/mol. The molecule has 0 aliphatic heterocycles. The third kappa shape index (κ3) is 0.934. The van der Waals surface area contributed by atoms with Crippen LogP contribution in [0.1, 0.15) is 19.3 Å². The fourth-order valence-electron chi connectivity index (χ4n) is 2.21. The van der Waals surface area contributed by atoms with Crippen LogP contribution in [0, 0.1) is 17.8 Å². The molecule has 4 heteroatoms.